The third kappa shape index (κ3) is 2.76. The molecular formula is C16H14FN3O2. The van der Waals surface area contributed by atoms with E-state index in [4.69, 9.17) is 4.42 Å². The van der Waals surface area contributed by atoms with Crippen molar-refractivity contribution < 1.29 is 13.6 Å². The summed E-state index contributed by atoms with van der Waals surface area (Å²) in [5.41, 5.74) is 1.02. The summed E-state index contributed by atoms with van der Waals surface area (Å²) in [6, 6.07) is 7.10. The van der Waals surface area contributed by atoms with Crippen LogP contribution in [0.25, 0.3) is 0 Å². The number of nitrogens with one attached hydrogen (secondary N) is 1. The van der Waals surface area contributed by atoms with Gasteiger partial charge in [0.25, 0.3) is 5.91 Å². The lowest BCUT2D eigenvalue weighted by molar-refractivity contribution is 0.0940. The molecule has 22 heavy (non-hydrogen) atoms. The van der Waals surface area contributed by atoms with Gasteiger partial charge >= 0.3 is 0 Å². The molecule has 112 valence electrons. The average Bonchev–Trinajstić information content (AvgIpc) is 3.16. The second-order valence-electron chi connectivity index (χ2n) is 4.87. The number of imidazole rings is 1. The molecule has 0 bridgehead atoms. The minimum Gasteiger partial charge on any atom is -0.472 e. The number of hydrogen-bond donors (Lipinski definition) is 1. The second-order valence-corrected chi connectivity index (χ2v) is 4.87. The van der Waals surface area contributed by atoms with E-state index in [0.29, 0.717) is 17.0 Å². The average molecular weight is 299 g/mol. The van der Waals surface area contributed by atoms with Crippen LogP contribution in [0.3, 0.4) is 0 Å². The molecule has 6 heteroatoms. The minimum absolute atomic E-state index is 0.314. The lowest BCUT2D eigenvalue weighted by Gasteiger charge is -2.19. The monoisotopic (exact) mass is 299 g/mol. The van der Waals surface area contributed by atoms with Crippen molar-refractivity contribution in [1.29, 1.82) is 0 Å². The summed E-state index contributed by atoms with van der Waals surface area (Å²) in [5.74, 6) is -0.0669. The van der Waals surface area contributed by atoms with Gasteiger partial charge in [-0.1, -0.05) is 12.1 Å². The summed E-state index contributed by atoms with van der Waals surface area (Å²) in [5, 5.41) is 2.86. The zero-order valence-electron chi connectivity index (χ0n) is 11.9. The first-order valence-electron chi connectivity index (χ1n) is 6.71. The zero-order chi connectivity index (χ0) is 15.5. The molecule has 1 atom stereocenters. The summed E-state index contributed by atoms with van der Waals surface area (Å²) in [6.07, 6.45) is 6.18. The van der Waals surface area contributed by atoms with E-state index in [1.165, 1.54) is 24.7 Å². The van der Waals surface area contributed by atoms with Crippen LogP contribution in [0, 0.1) is 5.82 Å². The Hall–Kier alpha value is -2.89. The standard InChI is InChI=1S/C16H14FN3O2/c1-20-7-6-18-15(20)14(11-3-2-4-13(17)9-11)19-16(21)12-5-8-22-10-12/h2-10,14H,1H3,(H,19,21). The number of carbonyl (C=O) groups is 1. The van der Waals surface area contributed by atoms with Crippen LogP contribution < -0.4 is 5.32 Å². The van der Waals surface area contributed by atoms with Crippen LogP contribution in [-0.2, 0) is 7.05 Å². The number of aryl methyl sites for hydroxylation is 1. The Morgan fingerprint density at radius 1 is 1.41 bits per heavy atom. The largest absolute Gasteiger partial charge is 0.472 e. The molecule has 0 fully saturated rings. The van der Waals surface area contributed by atoms with Crippen molar-refractivity contribution in [3.63, 3.8) is 0 Å². The number of furan rings is 1. The number of aromatic nitrogens is 2. The SMILES string of the molecule is Cn1ccnc1C(NC(=O)c1ccoc1)c1cccc(F)c1. The van der Waals surface area contributed by atoms with Crippen LogP contribution in [0.2, 0.25) is 0 Å². The number of halogens is 1. The van der Waals surface area contributed by atoms with Crippen molar-refractivity contribution in [3.05, 3.63) is 78.0 Å². The summed E-state index contributed by atoms with van der Waals surface area (Å²) in [7, 11) is 1.82. The number of rotatable bonds is 4. The first-order chi connectivity index (χ1) is 10.6. The Morgan fingerprint density at radius 3 is 2.91 bits per heavy atom. The Balaban J connectivity index is 1.97. The Morgan fingerprint density at radius 2 is 2.27 bits per heavy atom. The van der Waals surface area contributed by atoms with E-state index in [-0.39, 0.29) is 11.7 Å². The van der Waals surface area contributed by atoms with Gasteiger partial charge in [-0.05, 0) is 23.8 Å². The smallest absolute Gasteiger partial charge is 0.255 e. The number of amides is 1. The van der Waals surface area contributed by atoms with Crippen molar-refractivity contribution in [2.24, 2.45) is 7.05 Å². The van der Waals surface area contributed by atoms with Gasteiger partial charge in [-0.3, -0.25) is 4.79 Å². The molecule has 0 saturated heterocycles. The molecule has 0 aliphatic carbocycles. The molecule has 3 aromatic rings. The fourth-order valence-corrected chi connectivity index (χ4v) is 2.25. The highest BCUT2D eigenvalue weighted by Crippen LogP contribution is 2.21. The van der Waals surface area contributed by atoms with Gasteiger partial charge in [-0.2, -0.15) is 0 Å². The van der Waals surface area contributed by atoms with Crippen LogP contribution in [-0.4, -0.2) is 15.5 Å². The maximum absolute atomic E-state index is 13.5. The first-order valence-corrected chi connectivity index (χ1v) is 6.71. The van der Waals surface area contributed by atoms with Crippen LogP contribution >= 0.6 is 0 Å². The van der Waals surface area contributed by atoms with E-state index in [2.05, 4.69) is 10.3 Å². The van der Waals surface area contributed by atoms with E-state index in [1.54, 1.807) is 35.2 Å². The van der Waals surface area contributed by atoms with E-state index >= 15 is 0 Å². The second kappa shape index (κ2) is 5.85. The van der Waals surface area contributed by atoms with Gasteiger partial charge in [0.2, 0.25) is 0 Å². The van der Waals surface area contributed by atoms with Gasteiger partial charge in [0.05, 0.1) is 11.8 Å². The quantitative estimate of drug-likeness (QED) is 0.805. The van der Waals surface area contributed by atoms with Gasteiger partial charge in [-0.15, -0.1) is 0 Å². The lowest BCUT2D eigenvalue weighted by Crippen LogP contribution is -2.30. The fourth-order valence-electron chi connectivity index (χ4n) is 2.25. The highest BCUT2D eigenvalue weighted by atomic mass is 19.1. The van der Waals surface area contributed by atoms with Crippen LogP contribution in [0.4, 0.5) is 4.39 Å². The molecule has 1 unspecified atom stereocenters. The fraction of sp³-hybridized carbons (Fsp3) is 0.125. The van der Waals surface area contributed by atoms with Crippen LogP contribution in [0.1, 0.15) is 27.8 Å². The van der Waals surface area contributed by atoms with Gasteiger partial charge < -0.3 is 14.3 Å². The molecule has 3 rings (SSSR count). The van der Waals surface area contributed by atoms with Crippen molar-refractivity contribution in [1.82, 2.24) is 14.9 Å². The highest BCUT2D eigenvalue weighted by molar-refractivity contribution is 5.94. The molecule has 0 aliphatic rings. The molecule has 1 N–H and O–H groups in total. The molecular weight excluding hydrogens is 285 g/mol. The minimum atomic E-state index is -0.557. The molecule has 0 spiro atoms. The Kier molecular flexibility index (Phi) is 3.74. The molecule has 0 saturated carbocycles. The molecule has 5 nitrogen and oxygen atoms in total. The van der Waals surface area contributed by atoms with Crippen molar-refractivity contribution >= 4 is 5.91 Å². The van der Waals surface area contributed by atoms with Gasteiger partial charge in [-0.25, -0.2) is 9.37 Å². The number of carbonyl (C=O) groups excluding carboxylic acids is 1. The maximum Gasteiger partial charge on any atom is 0.255 e. The van der Waals surface area contributed by atoms with E-state index in [0.717, 1.165) is 0 Å². The normalized spacial score (nSPS) is 12.1. The molecule has 0 radical (unpaired) electrons. The molecule has 0 aliphatic heterocycles. The van der Waals surface area contributed by atoms with Gasteiger partial charge in [0.1, 0.15) is 23.9 Å². The van der Waals surface area contributed by atoms with E-state index < -0.39 is 6.04 Å². The molecule has 1 amide bonds. The van der Waals surface area contributed by atoms with Crippen molar-refractivity contribution in [3.8, 4) is 0 Å². The summed E-state index contributed by atoms with van der Waals surface area (Å²) in [4.78, 5) is 16.5. The third-order valence-corrected chi connectivity index (χ3v) is 3.36. The first kappa shape index (κ1) is 14.1. The predicted molar refractivity (Wildman–Crippen MR) is 77.6 cm³/mol. The van der Waals surface area contributed by atoms with Crippen molar-refractivity contribution in [2.45, 2.75) is 6.04 Å². The number of benzene rings is 1. The van der Waals surface area contributed by atoms with Crippen LogP contribution in [0.5, 0.6) is 0 Å². The highest BCUT2D eigenvalue weighted by Gasteiger charge is 2.22. The third-order valence-electron chi connectivity index (χ3n) is 3.36. The zero-order valence-corrected chi connectivity index (χ0v) is 11.9. The lowest BCUT2D eigenvalue weighted by atomic mass is 10.1. The van der Waals surface area contributed by atoms with Crippen molar-refractivity contribution in [2.75, 3.05) is 0 Å². The summed E-state index contributed by atoms with van der Waals surface area (Å²) < 4.78 is 20.2. The number of hydrogen-bond acceptors (Lipinski definition) is 3. The molecule has 2 aromatic heterocycles. The van der Waals surface area contributed by atoms with Gasteiger partial charge in [0.15, 0.2) is 0 Å². The Bertz CT molecular complexity index is 780. The molecule has 1 aromatic carbocycles. The summed E-state index contributed by atoms with van der Waals surface area (Å²) >= 11 is 0. The maximum atomic E-state index is 13.5. The predicted octanol–water partition coefficient (Wildman–Crippen LogP) is 2.67. The number of nitrogens with zero attached hydrogens (tertiary/aromatic N) is 2. The topological polar surface area (TPSA) is 60.1 Å². The Labute approximate surface area is 126 Å². The summed E-state index contributed by atoms with van der Waals surface area (Å²) in [6.45, 7) is 0. The molecule has 2 heterocycles. The van der Waals surface area contributed by atoms with E-state index in [9.17, 15) is 9.18 Å². The van der Waals surface area contributed by atoms with Gasteiger partial charge in [0, 0.05) is 19.4 Å². The van der Waals surface area contributed by atoms with E-state index in [1.807, 2.05) is 7.05 Å². The van der Waals surface area contributed by atoms with Crippen LogP contribution in [0.15, 0.2) is 59.7 Å².